The molecule has 21 heavy (non-hydrogen) atoms. The fourth-order valence-corrected chi connectivity index (χ4v) is 4.59. The van der Waals surface area contributed by atoms with Crippen molar-refractivity contribution in [2.24, 2.45) is 0 Å². The number of hydrogen-bond donors (Lipinski definition) is 1. The molecule has 112 valence electrons. The van der Waals surface area contributed by atoms with Crippen molar-refractivity contribution in [3.05, 3.63) is 52.9 Å². The Balaban J connectivity index is 2.28. The zero-order chi connectivity index (χ0) is 15.5. The van der Waals surface area contributed by atoms with Gasteiger partial charge >= 0.3 is 5.97 Å². The van der Waals surface area contributed by atoms with Crippen molar-refractivity contribution in [1.82, 2.24) is 4.31 Å². The summed E-state index contributed by atoms with van der Waals surface area (Å²) in [6, 6.07) is 11.9. The lowest BCUT2D eigenvalue weighted by molar-refractivity contribution is 0.0702. The van der Waals surface area contributed by atoms with Crippen LogP contribution >= 0.6 is 11.3 Å². The average molecular weight is 325 g/mol. The third kappa shape index (κ3) is 3.49. The van der Waals surface area contributed by atoms with Crippen LogP contribution in [-0.4, -0.2) is 30.3 Å². The molecule has 0 atom stereocenters. The summed E-state index contributed by atoms with van der Waals surface area (Å²) in [5.74, 6) is -1.12. The quantitative estimate of drug-likeness (QED) is 0.886. The average Bonchev–Trinajstić information content (AvgIpc) is 2.96. The normalized spacial score (nSPS) is 11.7. The summed E-state index contributed by atoms with van der Waals surface area (Å²) in [6.45, 7) is 2.34. The van der Waals surface area contributed by atoms with E-state index in [1.165, 1.54) is 16.4 Å². The van der Waals surface area contributed by atoms with Crippen molar-refractivity contribution < 1.29 is 18.3 Å². The highest BCUT2D eigenvalue weighted by Crippen LogP contribution is 2.26. The minimum Gasteiger partial charge on any atom is -0.477 e. The number of carbonyl (C=O) groups is 1. The summed E-state index contributed by atoms with van der Waals surface area (Å²) in [5.41, 5.74) is 0.887. The van der Waals surface area contributed by atoms with Crippen LogP contribution in [0.3, 0.4) is 0 Å². The van der Waals surface area contributed by atoms with Crippen LogP contribution in [0.2, 0.25) is 0 Å². The number of thiophene rings is 1. The third-order valence-electron chi connectivity index (χ3n) is 2.94. The van der Waals surface area contributed by atoms with Gasteiger partial charge in [0.2, 0.25) is 0 Å². The molecule has 1 aromatic carbocycles. The van der Waals surface area contributed by atoms with Gasteiger partial charge in [-0.05, 0) is 17.7 Å². The van der Waals surface area contributed by atoms with E-state index in [0.29, 0.717) is 6.54 Å². The number of benzene rings is 1. The van der Waals surface area contributed by atoms with Gasteiger partial charge in [-0.2, -0.15) is 4.31 Å². The van der Waals surface area contributed by atoms with E-state index in [9.17, 15) is 13.2 Å². The van der Waals surface area contributed by atoms with Gasteiger partial charge in [0.1, 0.15) is 9.09 Å². The van der Waals surface area contributed by atoms with Gasteiger partial charge < -0.3 is 5.11 Å². The largest absolute Gasteiger partial charge is 0.477 e. The molecule has 0 saturated carbocycles. The number of carboxylic acid groups (broad SMARTS) is 1. The van der Waals surface area contributed by atoms with E-state index in [1.54, 1.807) is 6.92 Å². The number of rotatable bonds is 6. The molecule has 1 heterocycles. The molecule has 0 saturated heterocycles. The van der Waals surface area contributed by atoms with E-state index in [0.717, 1.165) is 16.9 Å². The fourth-order valence-electron chi connectivity index (χ4n) is 1.85. The van der Waals surface area contributed by atoms with Crippen LogP contribution in [0, 0.1) is 0 Å². The first-order chi connectivity index (χ1) is 9.95. The van der Waals surface area contributed by atoms with Gasteiger partial charge in [0.25, 0.3) is 10.0 Å². The van der Waals surface area contributed by atoms with Gasteiger partial charge in [-0.25, -0.2) is 13.2 Å². The first-order valence-corrected chi connectivity index (χ1v) is 8.58. The second kappa shape index (κ2) is 6.38. The molecular formula is C14H15NO4S2. The standard InChI is InChI=1S/C14H15NO4S2/c1-2-15(10-11-6-4-3-5-7-11)21(18,19)13-9-8-12(20-13)14(16)17/h3-9H,2,10H2,1H3,(H,16,17). The maximum atomic E-state index is 12.5. The zero-order valence-electron chi connectivity index (χ0n) is 11.4. The highest BCUT2D eigenvalue weighted by atomic mass is 32.2. The van der Waals surface area contributed by atoms with E-state index < -0.39 is 16.0 Å². The predicted molar refractivity (Wildman–Crippen MR) is 81.0 cm³/mol. The molecule has 0 aliphatic heterocycles. The van der Waals surface area contributed by atoms with Crippen LogP contribution in [-0.2, 0) is 16.6 Å². The Morgan fingerprint density at radius 2 is 1.86 bits per heavy atom. The summed E-state index contributed by atoms with van der Waals surface area (Å²) in [5, 5.41) is 8.90. The van der Waals surface area contributed by atoms with Gasteiger partial charge in [-0.1, -0.05) is 37.3 Å². The topological polar surface area (TPSA) is 74.7 Å². The lowest BCUT2D eigenvalue weighted by atomic mass is 10.2. The molecule has 1 aromatic heterocycles. The number of hydrogen-bond acceptors (Lipinski definition) is 4. The highest BCUT2D eigenvalue weighted by Gasteiger charge is 2.26. The molecule has 0 bridgehead atoms. The summed E-state index contributed by atoms with van der Waals surface area (Å²) in [7, 11) is -3.67. The molecule has 5 nitrogen and oxygen atoms in total. The molecular weight excluding hydrogens is 310 g/mol. The van der Waals surface area contributed by atoms with Gasteiger partial charge in [-0.15, -0.1) is 11.3 Å². The molecule has 1 N–H and O–H groups in total. The minimum absolute atomic E-state index is 0.0179. The van der Waals surface area contributed by atoms with Crippen LogP contribution in [0.25, 0.3) is 0 Å². The van der Waals surface area contributed by atoms with Crippen molar-refractivity contribution in [2.45, 2.75) is 17.7 Å². The molecule has 0 aliphatic carbocycles. The first kappa shape index (κ1) is 15.7. The van der Waals surface area contributed by atoms with Crippen molar-refractivity contribution in [3.63, 3.8) is 0 Å². The number of sulfonamides is 1. The Hall–Kier alpha value is -1.70. The van der Waals surface area contributed by atoms with E-state index in [2.05, 4.69) is 0 Å². The van der Waals surface area contributed by atoms with Crippen LogP contribution in [0.4, 0.5) is 0 Å². The van der Waals surface area contributed by atoms with Crippen molar-refractivity contribution in [1.29, 1.82) is 0 Å². The summed E-state index contributed by atoms with van der Waals surface area (Å²) in [4.78, 5) is 10.9. The van der Waals surface area contributed by atoms with Crippen molar-refractivity contribution in [2.75, 3.05) is 6.54 Å². The second-order valence-corrected chi connectivity index (χ2v) is 7.59. The smallest absolute Gasteiger partial charge is 0.345 e. The first-order valence-electron chi connectivity index (χ1n) is 6.32. The molecule has 2 rings (SSSR count). The van der Waals surface area contributed by atoms with E-state index >= 15 is 0 Å². The number of aromatic carboxylic acids is 1. The van der Waals surface area contributed by atoms with Gasteiger partial charge in [0.15, 0.2) is 0 Å². The summed E-state index contributed by atoms with van der Waals surface area (Å²) in [6.07, 6.45) is 0. The Bertz CT molecular complexity index is 722. The maximum absolute atomic E-state index is 12.5. The highest BCUT2D eigenvalue weighted by molar-refractivity contribution is 7.91. The Kier molecular flexibility index (Phi) is 4.76. The van der Waals surface area contributed by atoms with Crippen molar-refractivity contribution >= 4 is 27.3 Å². The molecule has 7 heteroatoms. The van der Waals surface area contributed by atoms with Crippen LogP contribution in [0.5, 0.6) is 0 Å². The maximum Gasteiger partial charge on any atom is 0.345 e. The number of carboxylic acids is 1. The predicted octanol–water partition coefficient (Wildman–Crippen LogP) is 2.66. The van der Waals surface area contributed by atoms with Crippen LogP contribution in [0.1, 0.15) is 22.2 Å². The second-order valence-electron chi connectivity index (χ2n) is 4.34. The fraction of sp³-hybridized carbons (Fsp3) is 0.214. The van der Waals surface area contributed by atoms with E-state index in [-0.39, 0.29) is 15.6 Å². The Morgan fingerprint density at radius 1 is 1.19 bits per heavy atom. The van der Waals surface area contributed by atoms with Gasteiger partial charge in [-0.3, -0.25) is 0 Å². The van der Waals surface area contributed by atoms with Gasteiger partial charge in [0.05, 0.1) is 0 Å². The monoisotopic (exact) mass is 325 g/mol. The van der Waals surface area contributed by atoms with E-state index in [1.807, 2.05) is 30.3 Å². The molecule has 0 unspecified atom stereocenters. The third-order valence-corrected chi connectivity index (χ3v) is 6.40. The molecule has 0 aliphatic rings. The molecule has 0 spiro atoms. The Labute approximate surface area is 127 Å². The number of nitrogens with zero attached hydrogens (tertiary/aromatic N) is 1. The summed E-state index contributed by atoms with van der Waals surface area (Å²) >= 11 is 0.773. The molecule has 0 fully saturated rings. The molecule has 0 radical (unpaired) electrons. The van der Waals surface area contributed by atoms with Crippen LogP contribution < -0.4 is 0 Å². The van der Waals surface area contributed by atoms with Gasteiger partial charge in [0, 0.05) is 13.1 Å². The SMILES string of the molecule is CCN(Cc1ccccc1)S(=O)(=O)c1ccc(C(=O)O)s1. The van der Waals surface area contributed by atoms with E-state index in [4.69, 9.17) is 5.11 Å². The summed E-state index contributed by atoms with van der Waals surface area (Å²) < 4.78 is 26.5. The lowest BCUT2D eigenvalue weighted by Crippen LogP contribution is -2.29. The zero-order valence-corrected chi connectivity index (χ0v) is 13.0. The minimum atomic E-state index is -3.67. The molecule has 2 aromatic rings. The molecule has 0 amide bonds. The van der Waals surface area contributed by atoms with Crippen LogP contribution in [0.15, 0.2) is 46.7 Å². The van der Waals surface area contributed by atoms with Crippen molar-refractivity contribution in [3.8, 4) is 0 Å². The lowest BCUT2D eigenvalue weighted by Gasteiger charge is -2.19. The Morgan fingerprint density at radius 3 is 2.38 bits per heavy atom.